The molecule has 1 saturated heterocycles. The van der Waals surface area contributed by atoms with E-state index in [1.807, 2.05) is 24.3 Å². The molecule has 0 spiro atoms. The van der Waals surface area contributed by atoms with Crippen LogP contribution in [0.4, 0.5) is 0 Å². The maximum atomic E-state index is 13.3. The monoisotopic (exact) mass is 504 g/mol. The highest BCUT2D eigenvalue weighted by Crippen LogP contribution is 2.35. The number of hydrogen-bond acceptors (Lipinski definition) is 10. The van der Waals surface area contributed by atoms with Crippen molar-refractivity contribution < 1.29 is 23.7 Å². The van der Waals surface area contributed by atoms with E-state index in [1.54, 1.807) is 16.6 Å². The molecule has 0 aliphatic carbocycles. The number of nitrogens with zero attached hydrogens (tertiary/aromatic N) is 5. The van der Waals surface area contributed by atoms with Crippen LogP contribution in [-0.4, -0.2) is 61.1 Å². The van der Waals surface area contributed by atoms with Gasteiger partial charge in [-0.25, -0.2) is 0 Å². The van der Waals surface area contributed by atoms with Crippen LogP contribution in [0.2, 0.25) is 0 Å². The number of nitrogens with one attached hydrogen (secondary N) is 1. The largest absolute Gasteiger partial charge is 0.357 e. The van der Waals surface area contributed by atoms with Gasteiger partial charge in [0, 0.05) is 30.3 Å². The van der Waals surface area contributed by atoms with E-state index < -0.39 is 29.7 Å². The third-order valence-corrected chi connectivity index (χ3v) is 7.33. The van der Waals surface area contributed by atoms with Gasteiger partial charge in [0.1, 0.15) is 11.7 Å². The first-order valence-corrected chi connectivity index (χ1v) is 12.4. The van der Waals surface area contributed by atoms with Gasteiger partial charge in [-0.05, 0) is 30.9 Å². The molecule has 1 unspecified atom stereocenters. The van der Waals surface area contributed by atoms with Crippen LogP contribution >= 0.6 is 11.3 Å². The molecule has 6 rings (SSSR count). The van der Waals surface area contributed by atoms with Gasteiger partial charge in [-0.2, -0.15) is 4.98 Å². The van der Waals surface area contributed by atoms with E-state index in [9.17, 15) is 19.2 Å². The molecule has 3 aromatic rings. The van der Waals surface area contributed by atoms with Crippen LogP contribution in [0, 0.1) is 0 Å². The number of thiazole rings is 1. The summed E-state index contributed by atoms with van der Waals surface area (Å²) in [7, 11) is 0. The summed E-state index contributed by atoms with van der Waals surface area (Å²) in [5, 5.41) is 6.33. The smallest absolute Gasteiger partial charge is 0.278 e. The number of aromatic nitrogens is 3. The van der Waals surface area contributed by atoms with Gasteiger partial charge in [0.2, 0.25) is 23.5 Å². The zero-order valence-electron chi connectivity index (χ0n) is 19.0. The minimum Gasteiger partial charge on any atom is -0.357 e. The fourth-order valence-electron chi connectivity index (χ4n) is 4.83. The highest BCUT2D eigenvalue weighted by atomic mass is 32.1. The Morgan fingerprint density at radius 2 is 1.97 bits per heavy atom. The lowest BCUT2D eigenvalue weighted by Crippen LogP contribution is -2.55. The zero-order chi connectivity index (χ0) is 24.8. The Labute approximate surface area is 208 Å². The predicted octanol–water partition coefficient (Wildman–Crippen LogP) is 1.88. The fourth-order valence-corrected chi connectivity index (χ4v) is 5.45. The van der Waals surface area contributed by atoms with E-state index in [1.165, 1.54) is 11.3 Å². The number of benzene rings is 1. The van der Waals surface area contributed by atoms with Gasteiger partial charge < -0.3 is 9.42 Å². The Balaban J connectivity index is 1.22. The summed E-state index contributed by atoms with van der Waals surface area (Å²) in [6.45, 7) is 0.683. The summed E-state index contributed by atoms with van der Waals surface area (Å²) >= 11 is 1.54. The summed E-state index contributed by atoms with van der Waals surface area (Å²) in [5.74, 6) is -1.30. The van der Waals surface area contributed by atoms with Gasteiger partial charge in [-0.1, -0.05) is 23.4 Å². The van der Waals surface area contributed by atoms with Crippen molar-refractivity contribution in [1.29, 1.82) is 0 Å². The van der Waals surface area contributed by atoms with Crippen molar-refractivity contribution in [2.24, 2.45) is 0 Å². The second-order valence-corrected chi connectivity index (χ2v) is 9.64. The molecule has 0 saturated carbocycles. The van der Waals surface area contributed by atoms with Crippen molar-refractivity contribution in [3.05, 3.63) is 53.1 Å². The molecule has 12 heteroatoms. The molecule has 4 amide bonds. The number of carbonyl (C=O) groups is 4. The van der Waals surface area contributed by atoms with Crippen molar-refractivity contribution in [2.75, 3.05) is 6.54 Å². The molecule has 3 aliphatic heterocycles. The molecule has 0 bridgehead atoms. The van der Waals surface area contributed by atoms with Gasteiger partial charge in [0.25, 0.3) is 11.8 Å². The van der Waals surface area contributed by atoms with E-state index in [2.05, 4.69) is 20.4 Å². The highest BCUT2D eigenvalue weighted by Gasteiger charge is 2.48. The summed E-state index contributed by atoms with van der Waals surface area (Å²) in [5.41, 5.74) is 4.20. The number of amides is 4. The zero-order valence-corrected chi connectivity index (χ0v) is 19.8. The molecule has 2 aromatic heterocycles. The summed E-state index contributed by atoms with van der Waals surface area (Å²) in [6, 6.07) is 6.75. The molecule has 1 aromatic carbocycles. The number of hydrogen-bond donors (Lipinski definition) is 1. The molecule has 1 N–H and O–H groups in total. The first kappa shape index (κ1) is 22.3. The molecule has 36 heavy (non-hydrogen) atoms. The van der Waals surface area contributed by atoms with Crippen LogP contribution in [0.5, 0.6) is 0 Å². The quantitative estimate of drug-likeness (QED) is 0.516. The third-order valence-electron chi connectivity index (χ3n) is 6.51. The van der Waals surface area contributed by atoms with Crippen LogP contribution in [-0.2, 0) is 25.7 Å². The molecule has 1 atom stereocenters. The van der Waals surface area contributed by atoms with Gasteiger partial charge in [-0.15, -0.1) is 11.3 Å². The molecular formula is C24H20N6O5S. The second-order valence-electron chi connectivity index (χ2n) is 8.76. The number of rotatable bonds is 5. The summed E-state index contributed by atoms with van der Waals surface area (Å²) < 4.78 is 5.49. The number of imide groups is 2. The lowest BCUT2D eigenvalue weighted by molar-refractivity contribution is -0.150. The van der Waals surface area contributed by atoms with Crippen molar-refractivity contribution in [3.8, 4) is 21.8 Å². The third kappa shape index (κ3) is 3.79. The molecule has 1 fully saturated rings. The minimum atomic E-state index is -0.990. The van der Waals surface area contributed by atoms with Crippen LogP contribution in [0.1, 0.15) is 31.6 Å². The minimum absolute atomic E-state index is 0.0802. The van der Waals surface area contributed by atoms with Crippen molar-refractivity contribution in [3.63, 3.8) is 0 Å². The van der Waals surface area contributed by atoms with E-state index in [4.69, 9.17) is 4.52 Å². The summed E-state index contributed by atoms with van der Waals surface area (Å²) in [4.78, 5) is 62.7. The Bertz CT molecular complexity index is 1430. The SMILES string of the molecule is O=C1CCC(N2C(=O)C3=C(C2=O)N(Cc2nc(-c4cccc(-c5cncs5)c4)no2)CCC3)C(=O)N1. The van der Waals surface area contributed by atoms with Crippen LogP contribution in [0.3, 0.4) is 0 Å². The van der Waals surface area contributed by atoms with E-state index in [-0.39, 0.29) is 25.1 Å². The molecule has 0 radical (unpaired) electrons. The standard InChI is InChI=1S/C24H20N6O5S/c31-18-7-6-16(22(32)26-18)30-23(33)15-5-2-8-29(20(15)24(30)34)11-19-27-21(28-35-19)14-4-1-3-13(9-14)17-10-25-12-36-17/h1,3-4,9-10,12,16H,2,5-8,11H2,(H,26,31,32). The first-order valence-electron chi connectivity index (χ1n) is 11.5. The van der Waals surface area contributed by atoms with Gasteiger partial charge >= 0.3 is 0 Å². The van der Waals surface area contributed by atoms with Crippen molar-refractivity contribution in [1.82, 2.24) is 30.2 Å². The topological polar surface area (TPSA) is 139 Å². The Morgan fingerprint density at radius 3 is 2.78 bits per heavy atom. The maximum Gasteiger partial charge on any atom is 0.278 e. The highest BCUT2D eigenvalue weighted by molar-refractivity contribution is 7.13. The van der Waals surface area contributed by atoms with E-state index in [0.717, 1.165) is 20.9 Å². The average molecular weight is 505 g/mol. The normalized spacial score (nSPS) is 20.3. The molecule has 3 aliphatic rings. The van der Waals surface area contributed by atoms with Gasteiger partial charge in [-0.3, -0.25) is 34.4 Å². The predicted molar refractivity (Wildman–Crippen MR) is 126 cm³/mol. The van der Waals surface area contributed by atoms with Crippen LogP contribution in [0.25, 0.3) is 21.8 Å². The summed E-state index contributed by atoms with van der Waals surface area (Å²) in [6.07, 6.45) is 3.11. The Kier molecular flexibility index (Phi) is 5.44. The molecule has 182 valence electrons. The fraction of sp³-hybridized carbons (Fsp3) is 0.292. The lowest BCUT2D eigenvalue weighted by Gasteiger charge is -2.29. The van der Waals surface area contributed by atoms with E-state index >= 15 is 0 Å². The first-order chi connectivity index (χ1) is 17.5. The lowest BCUT2D eigenvalue weighted by atomic mass is 10.0. The number of piperidine rings is 1. The average Bonchev–Trinajstić information content (AvgIpc) is 3.62. The van der Waals surface area contributed by atoms with Gasteiger partial charge in [0.05, 0.1) is 16.9 Å². The molecular weight excluding hydrogens is 484 g/mol. The molecule has 11 nitrogen and oxygen atoms in total. The Hall–Kier alpha value is -4.19. The number of carbonyl (C=O) groups excluding carboxylic acids is 4. The van der Waals surface area contributed by atoms with Crippen LogP contribution in [0.15, 0.2) is 51.8 Å². The van der Waals surface area contributed by atoms with Gasteiger partial charge in [0.15, 0.2) is 0 Å². The molecule has 5 heterocycles. The van der Waals surface area contributed by atoms with E-state index in [0.29, 0.717) is 36.7 Å². The Morgan fingerprint density at radius 1 is 1.11 bits per heavy atom. The maximum absolute atomic E-state index is 13.3. The van der Waals surface area contributed by atoms with Crippen LogP contribution < -0.4 is 5.32 Å². The van der Waals surface area contributed by atoms with Crippen molar-refractivity contribution in [2.45, 2.75) is 38.3 Å². The van der Waals surface area contributed by atoms with Crippen molar-refractivity contribution >= 4 is 35.0 Å². The second kappa shape index (κ2) is 8.79.